The van der Waals surface area contributed by atoms with Crippen molar-refractivity contribution < 1.29 is 28.2 Å². The Bertz CT molecular complexity index is 1250. The molecule has 0 spiro atoms. The van der Waals surface area contributed by atoms with Crippen LogP contribution in [0.2, 0.25) is 0 Å². The number of hydrogen-bond donors (Lipinski definition) is 2. The molecule has 37 heavy (non-hydrogen) atoms. The zero-order valence-electron chi connectivity index (χ0n) is 21.9. The molecule has 1 fully saturated rings. The molecule has 4 atom stereocenters. The molecule has 1 aliphatic carbocycles. The van der Waals surface area contributed by atoms with Gasteiger partial charge in [-0.2, -0.15) is 4.31 Å². The van der Waals surface area contributed by atoms with Crippen molar-refractivity contribution in [2.24, 2.45) is 11.8 Å². The van der Waals surface area contributed by atoms with Crippen molar-refractivity contribution in [1.29, 1.82) is 0 Å². The summed E-state index contributed by atoms with van der Waals surface area (Å²) in [5.41, 5.74) is 1.37. The third kappa shape index (κ3) is 5.76. The number of sulfonamides is 1. The number of carbonyl (C=O) groups is 1. The lowest BCUT2D eigenvalue weighted by Crippen LogP contribution is -2.46. The van der Waals surface area contributed by atoms with Crippen LogP contribution in [-0.2, 0) is 26.0 Å². The summed E-state index contributed by atoms with van der Waals surface area (Å²) < 4.78 is 35.3. The van der Waals surface area contributed by atoms with Crippen LogP contribution in [0.4, 0.5) is 0 Å². The van der Waals surface area contributed by atoms with E-state index >= 15 is 0 Å². The first-order valence-electron chi connectivity index (χ1n) is 12.8. The normalized spacial score (nSPS) is 24.7. The number of nitrogens with zero attached hydrogens (tertiary/aromatic N) is 1. The average molecular weight is 528 g/mol. The molecular weight excluding hydrogens is 490 g/mol. The fourth-order valence-electron chi connectivity index (χ4n) is 5.67. The van der Waals surface area contributed by atoms with E-state index in [0.717, 1.165) is 11.1 Å². The van der Waals surface area contributed by atoms with Gasteiger partial charge in [0.05, 0.1) is 10.5 Å². The molecule has 0 aromatic heterocycles. The number of hydrogen-bond acceptors (Lipinski definition) is 6. The Morgan fingerprint density at radius 2 is 1.70 bits per heavy atom. The van der Waals surface area contributed by atoms with Crippen LogP contribution in [-0.4, -0.2) is 53.2 Å². The quantitative estimate of drug-likeness (QED) is 0.513. The van der Waals surface area contributed by atoms with Crippen LogP contribution in [0.25, 0.3) is 0 Å². The number of ether oxygens (including phenoxy) is 1. The zero-order valence-corrected chi connectivity index (χ0v) is 22.7. The number of carbonyl (C=O) groups excluding carboxylic acids is 1. The number of rotatable bonds is 7. The fraction of sp³-hybridized carbons (Fsp3) is 0.483. The highest BCUT2D eigenvalue weighted by Gasteiger charge is 2.53. The van der Waals surface area contributed by atoms with Gasteiger partial charge in [-0.15, -0.1) is 0 Å². The van der Waals surface area contributed by atoms with E-state index in [1.165, 1.54) is 0 Å². The summed E-state index contributed by atoms with van der Waals surface area (Å²) in [4.78, 5) is 13.4. The molecule has 8 heteroatoms. The van der Waals surface area contributed by atoms with E-state index in [1.807, 2.05) is 37.3 Å². The summed E-state index contributed by atoms with van der Waals surface area (Å²) in [6, 6.07) is 15.5. The predicted molar refractivity (Wildman–Crippen MR) is 141 cm³/mol. The summed E-state index contributed by atoms with van der Waals surface area (Å²) in [5.74, 6) is -1.77. The summed E-state index contributed by atoms with van der Waals surface area (Å²) >= 11 is 0. The molecule has 2 aromatic rings. The largest absolute Gasteiger partial charge is 0.511 e. The maximum Gasteiger partial charge on any atom is 0.338 e. The zero-order chi connectivity index (χ0) is 27.0. The summed E-state index contributed by atoms with van der Waals surface area (Å²) in [6.07, 6.45) is 1.41. The van der Waals surface area contributed by atoms with Crippen LogP contribution in [0, 0.1) is 18.8 Å². The van der Waals surface area contributed by atoms with Crippen LogP contribution in [0.3, 0.4) is 0 Å². The first-order chi connectivity index (χ1) is 17.4. The highest BCUT2D eigenvalue weighted by molar-refractivity contribution is 7.89. The minimum atomic E-state index is -3.90. The van der Waals surface area contributed by atoms with Gasteiger partial charge in [0.2, 0.25) is 10.0 Å². The van der Waals surface area contributed by atoms with E-state index < -0.39 is 45.5 Å². The third-order valence-corrected chi connectivity index (χ3v) is 9.24. The first-order valence-corrected chi connectivity index (χ1v) is 14.3. The standard InChI is InChI=1S/C29H37NO6S/c1-19-10-12-23(13-11-19)37(34,35)30-22(16-20-8-6-5-7-9-20)18-24-25(30)17-21(14-15-31)26(27(24)32)28(33)36-29(2,3)4/h5-13,21-22,24-25,31-32H,14-18H2,1-4H3/t21-,22+,24+,25+/m1/s1. The summed E-state index contributed by atoms with van der Waals surface area (Å²) in [7, 11) is -3.90. The molecule has 200 valence electrons. The van der Waals surface area contributed by atoms with E-state index in [9.17, 15) is 23.4 Å². The monoisotopic (exact) mass is 527 g/mol. The maximum atomic E-state index is 14.1. The molecule has 4 rings (SSSR count). The van der Waals surface area contributed by atoms with Gasteiger partial charge in [0.25, 0.3) is 0 Å². The Morgan fingerprint density at radius 3 is 2.30 bits per heavy atom. The first kappa shape index (κ1) is 27.4. The number of aryl methyl sites for hydroxylation is 1. The van der Waals surface area contributed by atoms with Crippen LogP contribution in [0.1, 0.15) is 51.2 Å². The molecule has 2 aliphatic rings. The Kier molecular flexibility index (Phi) is 7.83. The lowest BCUT2D eigenvalue weighted by Gasteiger charge is -2.37. The Morgan fingerprint density at radius 1 is 1.05 bits per heavy atom. The lowest BCUT2D eigenvalue weighted by atomic mass is 9.76. The average Bonchev–Trinajstić information content (AvgIpc) is 3.18. The molecule has 0 radical (unpaired) electrons. The van der Waals surface area contributed by atoms with Crippen molar-refractivity contribution in [3.05, 3.63) is 77.1 Å². The third-order valence-electron chi connectivity index (χ3n) is 7.25. The Labute approximate surface area is 219 Å². The van der Waals surface area contributed by atoms with Crippen molar-refractivity contribution in [3.8, 4) is 0 Å². The van der Waals surface area contributed by atoms with E-state index in [-0.39, 0.29) is 29.3 Å². The van der Waals surface area contributed by atoms with Gasteiger partial charge in [-0.3, -0.25) is 0 Å². The van der Waals surface area contributed by atoms with Gasteiger partial charge >= 0.3 is 5.97 Å². The number of esters is 1. The minimum Gasteiger partial charge on any atom is -0.511 e. The van der Waals surface area contributed by atoms with Crippen molar-refractivity contribution in [3.63, 3.8) is 0 Å². The van der Waals surface area contributed by atoms with Gasteiger partial charge in [0, 0.05) is 24.6 Å². The van der Waals surface area contributed by atoms with E-state index in [0.29, 0.717) is 19.3 Å². The predicted octanol–water partition coefficient (Wildman–Crippen LogP) is 4.54. The lowest BCUT2D eigenvalue weighted by molar-refractivity contribution is -0.151. The molecule has 7 nitrogen and oxygen atoms in total. The minimum absolute atomic E-state index is 0.108. The van der Waals surface area contributed by atoms with Gasteiger partial charge in [-0.1, -0.05) is 48.0 Å². The SMILES string of the molecule is Cc1ccc(S(=O)(=O)N2[C@@H](Cc3ccccc3)C[C@@H]3C(O)=C(C(=O)OC(C)(C)C)[C@H](CCO)C[C@@H]32)cc1. The molecule has 2 aromatic carbocycles. The second-order valence-electron chi connectivity index (χ2n) is 11.1. The molecular formula is C29H37NO6S. The van der Waals surface area contributed by atoms with Crippen LogP contribution in [0.5, 0.6) is 0 Å². The van der Waals surface area contributed by atoms with Gasteiger partial charge in [0.15, 0.2) is 0 Å². The summed E-state index contributed by atoms with van der Waals surface area (Å²) in [6.45, 7) is 6.99. The van der Waals surface area contributed by atoms with E-state index in [4.69, 9.17) is 4.74 Å². The van der Waals surface area contributed by atoms with Crippen molar-refractivity contribution in [1.82, 2.24) is 4.31 Å². The molecule has 0 amide bonds. The Hall–Kier alpha value is -2.68. The number of fused-ring (bicyclic) bond motifs is 1. The second kappa shape index (κ2) is 10.6. The van der Waals surface area contributed by atoms with Crippen LogP contribution < -0.4 is 0 Å². The number of aliphatic hydroxyl groups excluding tert-OH is 2. The van der Waals surface area contributed by atoms with Gasteiger partial charge in [-0.05, 0) is 77.0 Å². The van der Waals surface area contributed by atoms with E-state index in [2.05, 4.69) is 0 Å². The molecule has 1 heterocycles. The molecule has 2 N–H and O–H groups in total. The molecule has 0 saturated carbocycles. The molecule has 1 aliphatic heterocycles. The summed E-state index contributed by atoms with van der Waals surface area (Å²) in [5, 5.41) is 21.2. The van der Waals surface area contributed by atoms with E-state index in [1.54, 1.807) is 49.3 Å². The number of aliphatic hydroxyl groups is 2. The maximum absolute atomic E-state index is 14.1. The van der Waals surface area contributed by atoms with Crippen molar-refractivity contribution in [2.45, 2.75) is 76.0 Å². The van der Waals surface area contributed by atoms with Gasteiger partial charge in [-0.25, -0.2) is 13.2 Å². The highest BCUT2D eigenvalue weighted by atomic mass is 32.2. The molecule has 1 saturated heterocycles. The Balaban J connectivity index is 1.79. The highest BCUT2D eigenvalue weighted by Crippen LogP contribution is 2.48. The van der Waals surface area contributed by atoms with Gasteiger partial charge in [0.1, 0.15) is 11.4 Å². The second-order valence-corrected chi connectivity index (χ2v) is 13.0. The fourth-order valence-corrected chi connectivity index (χ4v) is 7.54. The smallest absolute Gasteiger partial charge is 0.338 e. The van der Waals surface area contributed by atoms with Gasteiger partial charge < -0.3 is 14.9 Å². The van der Waals surface area contributed by atoms with Crippen LogP contribution in [0.15, 0.2) is 70.8 Å². The van der Waals surface area contributed by atoms with Crippen molar-refractivity contribution in [2.75, 3.05) is 6.61 Å². The van der Waals surface area contributed by atoms with Crippen molar-refractivity contribution >= 4 is 16.0 Å². The number of benzene rings is 2. The molecule has 0 unspecified atom stereocenters. The topological polar surface area (TPSA) is 104 Å². The van der Waals surface area contributed by atoms with Crippen LogP contribution >= 0.6 is 0 Å². The molecule has 0 bridgehead atoms.